The molecule has 2 N–H and O–H groups in total. The second-order valence-corrected chi connectivity index (χ2v) is 7.77. The van der Waals surface area contributed by atoms with Gasteiger partial charge in [-0.1, -0.05) is 53.7 Å². The van der Waals surface area contributed by atoms with E-state index < -0.39 is 0 Å². The van der Waals surface area contributed by atoms with Crippen molar-refractivity contribution >= 4 is 5.91 Å². The van der Waals surface area contributed by atoms with Crippen LogP contribution in [0.5, 0.6) is 5.75 Å². The van der Waals surface area contributed by atoms with E-state index in [0.717, 1.165) is 11.4 Å². The molecule has 33 heavy (non-hydrogen) atoms. The minimum Gasteiger partial charge on any atom is -0.484 e. The molecular weight excluding hydrogens is 420 g/mol. The van der Waals surface area contributed by atoms with E-state index in [-0.39, 0.29) is 18.6 Å². The maximum Gasteiger partial charge on any atom is 0.261 e. The quantitative estimate of drug-likeness (QED) is 0.451. The lowest BCUT2D eigenvalue weighted by molar-refractivity contribution is -0.137. The number of piperazine rings is 1. The summed E-state index contributed by atoms with van der Waals surface area (Å²) in [6, 6.07) is 19.0. The van der Waals surface area contributed by atoms with Gasteiger partial charge < -0.3 is 24.5 Å². The fraction of sp³-hybridized carbons (Fsp3) is 0.250. The molecule has 2 aromatic carbocycles. The van der Waals surface area contributed by atoms with Gasteiger partial charge in [0.1, 0.15) is 23.3 Å². The molecule has 0 aliphatic carbocycles. The van der Waals surface area contributed by atoms with Gasteiger partial charge in [0.05, 0.1) is 6.20 Å². The number of benzene rings is 2. The zero-order chi connectivity index (χ0) is 22.5. The molecule has 9 nitrogen and oxygen atoms in total. The lowest BCUT2D eigenvalue weighted by Gasteiger charge is -2.33. The van der Waals surface area contributed by atoms with Crippen LogP contribution in [0.15, 0.2) is 71.4 Å². The standard InChI is InChI=1S/C24H24N6O3/c31-22(16-32-18-9-5-2-6-10-18)30-12-11-25-15-20(30)24-28-23(29-33-24)19-14-26-21(27-19)13-17-7-3-1-4-8-17/h1-10,14,20,25H,11-13,15-16H2,(H,26,27). The predicted octanol–water partition coefficient (Wildman–Crippen LogP) is 2.60. The highest BCUT2D eigenvalue weighted by atomic mass is 16.5. The van der Waals surface area contributed by atoms with Crippen LogP contribution in [0.1, 0.15) is 23.3 Å². The van der Waals surface area contributed by atoms with Crippen molar-refractivity contribution in [2.45, 2.75) is 12.5 Å². The molecule has 1 amide bonds. The van der Waals surface area contributed by atoms with E-state index in [1.54, 1.807) is 11.1 Å². The van der Waals surface area contributed by atoms with Crippen LogP contribution in [0.25, 0.3) is 11.5 Å². The van der Waals surface area contributed by atoms with Gasteiger partial charge in [-0.05, 0) is 17.7 Å². The third-order valence-corrected chi connectivity index (χ3v) is 5.48. The molecule has 2 aromatic heterocycles. The molecule has 0 spiro atoms. The van der Waals surface area contributed by atoms with Crippen LogP contribution >= 0.6 is 0 Å². The van der Waals surface area contributed by atoms with E-state index in [1.807, 2.05) is 48.5 Å². The second kappa shape index (κ2) is 9.66. The van der Waals surface area contributed by atoms with Crippen LogP contribution < -0.4 is 10.1 Å². The Morgan fingerprint density at radius 2 is 1.91 bits per heavy atom. The summed E-state index contributed by atoms with van der Waals surface area (Å²) in [5.74, 6) is 2.14. The molecule has 1 aliphatic rings. The highest BCUT2D eigenvalue weighted by Crippen LogP contribution is 2.24. The number of nitrogens with one attached hydrogen (secondary N) is 2. The Bertz CT molecular complexity index is 1190. The number of amides is 1. The Morgan fingerprint density at radius 1 is 1.12 bits per heavy atom. The second-order valence-electron chi connectivity index (χ2n) is 7.77. The van der Waals surface area contributed by atoms with Crippen molar-refractivity contribution in [2.75, 3.05) is 26.2 Å². The van der Waals surface area contributed by atoms with E-state index in [1.165, 1.54) is 0 Å². The minimum atomic E-state index is -0.362. The number of hydrogen-bond acceptors (Lipinski definition) is 7. The Hall–Kier alpha value is -3.98. The van der Waals surface area contributed by atoms with E-state index in [9.17, 15) is 4.79 Å². The number of imidazole rings is 1. The number of rotatable bonds is 7. The summed E-state index contributed by atoms with van der Waals surface area (Å²) in [6.07, 6.45) is 2.38. The van der Waals surface area contributed by atoms with Crippen LogP contribution in [0, 0.1) is 0 Å². The molecular formula is C24H24N6O3. The van der Waals surface area contributed by atoms with Crippen molar-refractivity contribution in [1.29, 1.82) is 0 Å². The van der Waals surface area contributed by atoms with Gasteiger partial charge in [-0.3, -0.25) is 4.79 Å². The molecule has 9 heteroatoms. The summed E-state index contributed by atoms with van der Waals surface area (Å²) in [4.78, 5) is 26.8. The van der Waals surface area contributed by atoms with Crippen molar-refractivity contribution in [3.63, 3.8) is 0 Å². The largest absolute Gasteiger partial charge is 0.484 e. The molecule has 4 aromatic rings. The number of carbonyl (C=O) groups excluding carboxylic acids is 1. The highest BCUT2D eigenvalue weighted by molar-refractivity contribution is 5.78. The summed E-state index contributed by atoms with van der Waals surface area (Å²) in [7, 11) is 0. The van der Waals surface area contributed by atoms with Gasteiger partial charge >= 0.3 is 0 Å². The van der Waals surface area contributed by atoms with Gasteiger partial charge in [0, 0.05) is 26.1 Å². The maximum atomic E-state index is 12.9. The van der Waals surface area contributed by atoms with E-state index in [0.29, 0.717) is 49.2 Å². The van der Waals surface area contributed by atoms with E-state index >= 15 is 0 Å². The summed E-state index contributed by atoms with van der Waals surface area (Å²) in [5.41, 5.74) is 1.83. The fourth-order valence-corrected chi connectivity index (χ4v) is 3.80. The normalized spacial score (nSPS) is 16.0. The highest BCUT2D eigenvalue weighted by Gasteiger charge is 2.32. The van der Waals surface area contributed by atoms with Crippen LogP contribution in [-0.2, 0) is 11.2 Å². The summed E-state index contributed by atoms with van der Waals surface area (Å²) < 4.78 is 11.2. The number of aromatic nitrogens is 4. The first-order valence-electron chi connectivity index (χ1n) is 10.9. The summed E-state index contributed by atoms with van der Waals surface area (Å²) in [5, 5.41) is 7.40. The first-order chi connectivity index (χ1) is 16.3. The molecule has 1 fully saturated rings. The van der Waals surface area contributed by atoms with Gasteiger partial charge in [0.2, 0.25) is 5.82 Å². The Morgan fingerprint density at radius 3 is 2.73 bits per heavy atom. The monoisotopic (exact) mass is 444 g/mol. The minimum absolute atomic E-state index is 0.0507. The van der Waals surface area contributed by atoms with E-state index in [2.05, 4.69) is 37.6 Å². The van der Waals surface area contributed by atoms with Crippen LogP contribution in [0.2, 0.25) is 0 Å². The topological polar surface area (TPSA) is 109 Å². The summed E-state index contributed by atoms with van der Waals surface area (Å²) in [6.45, 7) is 1.70. The number of ether oxygens (including phenoxy) is 1. The van der Waals surface area contributed by atoms with Crippen molar-refractivity contribution in [3.8, 4) is 17.3 Å². The first kappa shape index (κ1) is 20.9. The molecule has 3 heterocycles. The molecule has 1 atom stereocenters. The lowest BCUT2D eigenvalue weighted by atomic mass is 10.1. The van der Waals surface area contributed by atoms with E-state index in [4.69, 9.17) is 9.26 Å². The van der Waals surface area contributed by atoms with Gasteiger partial charge in [0.15, 0.2) is 6.61 Å². The molecule has 0 saturated carbocycles. The Kier molecular flexibility index (Phi) is 6.12. The molecule has 1 aliphatic heterocycles. The van der Waals surface area contributed by atoms with Crippen LogP contribution in [0.4, 0.5) is 0 Å². The predicted molar refractivity (Wildman–Crippen MR) is 120 cm³/mol. The third-order valence-electron chi connectivity index (χ3n) is 5.48. The average molecular weight is 444 g/mol. The zero-order valence-electron chi connectivity index (χ0n) is 18.0. The molecule has 1 saturated heterocycles. The van der Waals surface area contributed by atoms with Gasteiger partial charge in [-0.15, -0.1) is 0 Å². The molecule has 168 valence electrons. The van der Waals surface area contributed by atoms with Crippen molar-refractivity contribution in [3.05, 3.63) is 84.1 Å². The number of H-pyrrole nitrogens is 1. The smallest absolute Gasteiger partial charge is 0.261 e. The molecule has 1 unspecified atom stereocenters. The first-order valence-corrected chi connectivity index (χ1v) is 10.9. The molecule has 5 rings (SSSR count). The van der Waals surface area contributed by atoms with Crippen LogP contribution in [-0.4, -0.2) is 57.2 Å². The fourth-order valence-electron chi connectivity index (χ4n) is 3.80. The van der Waals surface area contributed by atoms with Gasteiger partial charge in [-0.2, -0.15) is 4.98 Å². The zero-order valence-corrected chi connectivity index (χ0v) is 18.0. The van der Waals surface area contributed by atoms with Crippen molar-refractivity contribution in [2.24, 2.45) is 0 Å². The average Bonchev–Trinajstić information content (AvgIpc) is 3.54. The van der Waals surface area contributed by atoms with Crippen molar-refractivity contribution < 1.29 is 14.1 Å². The van der Waals surface area contributed by atoms with Gasteiger partial charge in [-0.25, -0.2) is 4.98 Å². The van der Waals surface area contributed by atoms with Crippen molar-refractivity contribution in [1.82, 2.24) is 30.3 Å². The van der Waals surface area contributed by atoms with Crippen LogP contribution in [0.3, 0.4) is 0 Å². The Labute approximate surface area is 190 Å². The SMILES string of the molecule is O=C(COc1ccccc1)N1CCNCC1c1nc(-c2cnc(Cc3ccccc3)[nH]2)no1. The van der Waals surface area contributed by atoms with Gasteiger partial charge in [0.25, 0.3) is 11.8 Å². The summed E-state index contributed by atoms with van der Waals surface area (Å²) >= 11 is 0. The number of hydrogen-bond donors (Lipinski definition) is 2. The Balaban J connectivity index is 1.27. The number of aromatic amines is 1. The number of para-hydroxylation sites is 1. The number of nitrogens with zero attached hydrogens (tertiary/aromatic N) is 4. The third kappa shape index (κ3) is 4.93. The maximum absolute atomic E-state index is 12.9. The number of carbonyl (C=O) groups is 1. The molecule has 0 bridgehead atoms. The molecule has 0 radical (unpaired) electrons. The lowest BCUT2D eigenvalue weighted by Crippen LogP contribution is -2.50.